The number of nitrogens with one attached hydrogen (secondary N) is 2. The summed E-state index contributed by atoms with van der Waals surface area (Å²) in [7, 11) is 0. The van der Waals surface area contributed by atoms with Crippen LogP contribution in [0.4, 0.5) is 19.0 Å². The molecule has 18 heavy (non-hydrogen) atoms. The van der Waals surface area contributed by atoms with Gasteiger partial charge in [-0.25, -0.2) is 4.98 Å². The van der Waals surface area contributed by atoms with Gasteiger partial charge in [-0.2, -0.15) is 13.2 Å². The Labute approximate surface area is 116 Å². The number of anilines is 1. The van der Waals surface area contributed by atoms with E-state index in [0.29, 0.717) is 27.3 Å². The number of rotatable bonds is 2. The molecule has 0 bridgehead atoms. The first-order valence-electron chi connectivity index (χ1n) is 5.67. The third kappa shape index (κ3) is 2.18. The van der Waals surface area contributed by atoms with Crippen molar-refractivity contribution in [3.05, 3.63) is 21.4 Å². The van der Waals surface area contributed by atoms with Gasteiger partial charge < -0.3 is 10.6 Å². The Bertz CT molecular complexity index is 467. The minimum atomic E-state index is -4.33. The first-order chi connectivity index (χ1) is 8.47. The molecule has 0 radical (unpaired) electrons. The van der Waals surface area contributed by atoms with Gasteiger partial charge in [0.25, 0.3) is 0 Å². The Balaban J connectivity index is 1.74. The molecule has 1 aromatic rings. The molecule has 3 nitrogen and oxygen atoms in total. The first-order valence-corrected chi connectivity index (χ1v) is 6.74. The van der Waals surface area contributed by atoms with Gasteiger partial charge in [-0.3, -0.25) is 0 Å². The summed E-state index contributed by atoms with van der Waals surface area (Å²) in [5, 5.41) is 6.51. The first kappa shape index (κ1) is 12.5. The summed E-state index contributed by atoms with van der Waals surface area (Å²) in [6.07, 6.45) is -3.44. The predicted molar refractivity (Wildman–Crippen MR) is 69.2 cm³/mol. The number of alkyl halides is 3. The SMILES string of the molecule is FC(F)(F)c1cnc(NC2[C@H]3CNC[C@@H]23)c(I)c1. The molecule has 1 unspecified atom stereocenters. The molecule has 98 valence electrons. The number of nitrogens with zero attached hydrogens (tertiary/aromatic N) is 1. The highest BCUT2D eigenvalue weighted by Gasteiger charge is 2.53. The molecule has 7 heteroatoms. The minimum absolute atomic E-state index is 0.365. The molecule has 1 aliphatic heterocycles. The lowest BCUT2D eigenvalue weighted by atomic mass is 10.3. The van der Waals surface area contributed by atoms with E-state index >= 15 is 0 Å². The molecule has 0 aromatic carbocycles. The van der Waals surface area contributed by atoms with E-state index in [4.69, 9.17) is 0 Å². The van der Waals surface area contributed by atoms with Crippen LogP contribution < -0.4 is 10.6 Å². The van der Waals surface area contributed by atoms with Gasteiger partial charge >= 0.3 is 6.18 Å². The maximum Gasteiger partial charge on any atom is 0.417 e. The van der Waals surface area contributed by atoms with Gasteiger partial charge in [0.05, 0.1) is 9.13 Å². The fourth-order valence-corrected chi connectivity index (χ4v) is 3.12. The van der Waals surface area contributed by atoms with Crippen molar-refractivity contribution in [2.24, 2.45) is 11.8 Å². The molecule has 0 amide bonds. The number of pyridine rings is 1. The number of hydrogen-bond acceptors (Lipinski definition) is 3. The molecule has 2 fully saturated rings. The monoisotopic (exact) mass is 369 g/mol. The molecule has 1 aromatic heterocycles. The van der Waals surface area contributed by atoms with Gasteiger partial charge in [-0.15, -0.1) is 0 Å². The van der Waals surface area contributed by atoms with Crippen molar-refractivity contribution in [2.75, 3.05) is 18.4 Å². The van der Waals surface area contributed by atoms with Crippen molar-refractivity contribution >= 4 is 28.4 Å². The Morgan fingerprint density at radius 2 is 2.00 bits per heavy atom. The number of halogens is 4. The van der Waals surface area contributed by atoms with E-state index in [9.17, 15) is 13.2 Å². The van der Waals surface area contributed by atoms with Crippen LogP contribution in [0.2, 0.25) is 0 Å². The molecule has 0 spiro atoms. The summed E-state index contributed by atoms with van der Waals surface area (Å²) >= 11 is 1.89. The maximum atomic E-state index is 12.5. The smallest absolute Gasteiger partial charge is 0.366 e. The summed E-state index contributed by atoms with van der Waals surface area (Å²) in [6.45, 7) is 1.97. The van der Waals surface area contributed by atoms with Crippen molar-refractivity contribution in [1.29, 1.82) is 0 Å². The summed E-state index contributed by atoms with van der Waals surface area (Å²) in [4.78, 5) is 3.89. The topological polar surface area (TPSA) is 37.0 Å². The second kappa shape index (κ2) is 4.22. The summed E-state index contributed by atoms with van der Waals surface area (Å²) in [6, 6.07) is 1.50. The Morgan fingerprint density at radius 1 is 1.33 bits per heavy atom. The van der Waals surface area contributed by atoms with Crippen molar-refractivity contribution in [3.8, 4) is 0 Å². The molecule has 1 saturated carbocycles. The highest BCUT2D eigenvalue weighted by Crippen LogP contribution is 2.44. The zero-order chi connectivity index (χ0) is 12.9. The van der Waals surface area contributed by atoms with Crippen LogP contribution in [-0.4, -0.2) is 24.1 Å². The van der Waals surface area contributed by atoms with E-state index < -0.39 is 11.7 Å². The predicted octanol–water partition coefficient (Wildman–Crippen LogP) is 2.33. The van der Waals surface area contributed by atoms with Crippen LogP contribution in [0.3, 0.4) is 0 Å². The van der Waals surface area contributed by atoms with Gasteiger partial charge in [0, 0.05) is 25.3 Å². The highest BCUT2D eigenvalue weighted by molar-refractivity contribution is 14.1. The third-order valence-electron chi connectivity index (χ3n) is 3.56. The van der Waals surface area contributed by atoms with Crippen molar-refractivity contribution in [1.82, 2.24) is 10.3 Å². The molecule has 2 N–H and O–H groups in total. The lowest BCUT2D eigenvalue weighted by molar-refractivity contribution is -0.137. The zero-order valence-corrected chi connectivity index (χ0v) is 11.4. The second-order valence-electron chi connectivity index (χ2n) is 4.71. The van der Waals surface area contributed by atoms with Gasteiger partial charge in [0.2, 0.25) is 0 Å². The van der Waals surface area contributed by atoms with E-state index in [1.807, 2.05) is 22.6 Å². The summed E-state index contributed by atoms with van der Waals surface area (Å²) < 4.78 is 38.0. The Kier molecular flexibility index (Phi) is 2.92. The largest absolute Gasteiger partial charge is 0.417 e. The lowest BCUT2D eigenvalue weighted by Crippen LogP contribution is -2.22. The normalized spacial score (nSPS) is 30.1. The molecular weight excluding hydrogens is 358 g/mol. The second-order valence-corrected chi connectivity index (χ2v) is 5.87. The lowest BCUT2D eigenvalue weighted by Gasteiger charge is -2.12. The van der Waals surface area contributed by atoms with E-state index in [1.165, 1.54) is 0 Å². The van der Waals surface area contributed by atoms with E-state index in [-0.39, 0.29) is 0 Å². The van der Waals surface area contributed by atoms with Gasteiger partial charge in [0.15, 0.2) is 0 Å². The average Bonchev–Trinajstić information content (AvgIpc) is 2.73. The number of hydrogen-bond donors (Lipinski definition) is 2. The standard InChI is InChI=1S/C11H11F3IN3/c12-11(13,14)5-1-8(15)10(17-2-5)18-9-6-3-16-4-7(6)9/h1-2,6-7,9,16H,3-4H2,(H,17,18)/t6-,7+,9?. The van der Waals surface area contributed by atoms with Crippen LogP contribution >= 0.6 is 22.6 Å². The molecule has 1 aliphatic carbocycles. The number of piperidine rings is 1. The average molecular weight is 369 g/mol. The van der Waals surface area contributed by atoms with E-state index in [2.05, 4.69) is 15.6 Å². The van der Waals surface area contributed by atoms with E-state index in [1.54, 1.807) is 0 Å². The van der Waals surface area contributed by atoms with Crippen LogP contribution in [0.1, 0.15) is 5.56 Å². The van der Waals surface area contributed by atoms with Gasteiger partial charge in [0.1, 0.15) is 5.82 Å². The summed E-state index contributed by atoms with van der Waals surface area (Å²) in [5.41, 5.74) is -0.699. The van der Waals surface area contributed by atoms with Crippen molar-refractivity contribution in [3.63, 3.8) is 0 Å². The van der Waals surface area contributed by atoms with Gasteiger partial charge in [-0.1, -0.05) is 0 Å². The fourth-order valence-electron chi connectivity index (χ4n) is 2.49. The maximum absolute atomic E-state index is 12.5. The van der Waals surface area contributed by atoms with E-state index in [0.717, 1.165) is 25.4 Å². The third-order valence-corrected chi connectivity index (χ3v) is 4.39. The molecular formula is C11H11F3IN3. The van der Waals surface area contributed by atoms with Crippen molar-refractivity contribution < 1.29 is 13.2 Å². The van der Waals surface area contributed by atoms with Gasteiger partial charge in [-0.05, 0) is 40.5 Å². The fraction of sp³-hybridized carbons (Fsp3) is 0.545. The molecule has 3 atom stereocenters. The number of aromatic nitrogens is 1. The Morgan fingerprint density at radius 3 is 2.56 bits per heavy atom. The van der Waals surface area contributed by atoms with Crippen LogP contribution in [0, 0.1) is 15.4 Å². The quantitative estimate of drug-likeness (QED) is 0.786. The molecule has 2 heterocycles. The highest BCUT2D eigenvalue weighted by atomic mass is 127. The van der Waals surface area contributed by atoms with Crippen LogP contribution in [0.5, 0.6) is 0 Å². The Hall–Kier alpha value is -0.570. The van der Waals surface area contributed by atoms with Crippen LogP contribution in [0.25, 0.3) is 0 Å². The number of fused-ring (bicyclic) bond motifs is 1. The molecule has 2 aliphatic rings. The van der Waals surface area contributed by atoms with Crippen LogP contribution in [-0.2, 0) is 6.18 Å². The minimum Gasteiger partial charge on any atom is -0.366 e. The summed E-state index contributed by atoms with van der Waals surface area (Å²) in [5.74, 6) is 1.76. The molecule has 1 saturated heterocycles. The molecule has 3 rings (SSSR count). The zero-order valence-electron chi connectivity index (χ0n) is 9.26. The van der Waals surface area contributed by atoms with Crippen molar-refractivity contribution in [2.45, 2.75) is 12.2 Å². The van der Waals surface area contributed by atoms with Crippen LogP contribution in [0.15, 0.2) is 12.3 Å².